The first kappa shape index (κ1) is 13.4. The van der Waals surface area contributed by atoms with Gasteiger partial charge in [-0.1, -0.05) is 25.5 Å². The minimum atomic E-state index is 0.868. The highest BCUT2D eigenvalue weighted by molar-refractivity contribution is 5.27. The lowest BCUT2D eigenvalue weighted by Gasteiger charge is -2.24. The van der Waals surface area contributed by atoms with Crippen LogP contribution >= 0.6 is 0 Å². The van der Waals surface area contributed by atoms with Gasteiger partial charge in [0.1, 0.15) is 5.75 Å². The molecule has 100 valence electrons. The molecule has 1 aliphatic carbocycles. The molecular formula is C16H26NO+. The van der Waals surface area contributed by atoms with Crippen molar-refractivity contribution in [1.29, 1.82) is 0 Å². The zero-order chi connectivity index (χ0) is 12.8. The fourth-order valence-corrected chi connectivity index (χ4v) is 2.97. The van der Waals surface area contributed by atoms with Gasteiger partial charge in [0.15, 0.2) is 0 Å². The van der Waals surface area contributed by atoms with E-state index in [1.807, 2.05) is 0 Å². The molecule has 2 rings (SSSR count). The molecule has 1 aromatic rings. The minimum absolute atomic E-state index is 0.868. The van der Waals surface area contributed by atoms with Gasteiger partial charge in [0.2, 0.25) is 0 Å². The number of methoxy groups -OCH3 is 1. The standard InChI is InChI=1S/C16H25NO/c1-13-4-3-5-15(12-13)17-11-10-14-6-8-16(18-2)9-7-14/h6-9,13,15,17H,3-5,10-12H2,1-2H3/p+1/t13-,15+/m0/s1. The quantitative estimate of drug-likeness (QED) is 0.850. The molecule has 0 aliphatic heterocycles. The second-order valence-electron chi connectivity index (χ2n) is 5.65. The zero-order valence-electron chi connectivity index (χ0n) is 11.7. The Balaban J connectivity index is 1.70. The van der Waals surface area contributed by atoms with Gasteiger partial charge in [0.25, 0.3) is 0 Å². The highest BCUT2D eigenvalue weighted by Crippen LogP contribution is 2.21. The van der Waals surface area contributed by atoms with Crippen molar-refractivity contribution in [3.63, 3.8) is 0 Å². The molecule has 1 aliphatic rings. The predicted octanol–water partition coefficient (Wildman–Crippen LogP) is 2.38. The van der Waals surface area contributed by atoms with E-state index in [0.717, 1.165) is 24.1 Å². The van der Waals surface area contributed by atoms with Gasteiger partial charge in [-0.05, 0) is 36.5 Å². The van der Waals surface area contributed by atoms with Gasteiger partial charge in [-0.3, -0.25) is 0 Å². The van der Waals surface area contributed by atoms with E-state index in [2.05, 4.69) is 36.5 Å². The molecule has 1 aromatic carbocycles. The third-order valence-electron chi connectivity index (χ3n) is 4.07. The van der Waals surface area contributed by atoms with Crippen molar-refractivity contribution in [2.24, 2.45) is 5.92 Å². The maximum atomic E-state index is 5.17. The Labute approximate surface area is 111 Å². The van der Waals surface area contributed by atoms with Crippen LogP contribution in [-0.4, -0.2) is 19.7 Å². The summed E-state index contributed by atoms with van der Waals surface area (Å²) in [6.45, 7) is 3.60. The molecule has 0 aromatic heterocycles. The lowest BCUT2D eigenvalue weighted by Crippen LogP contribution is -2.90. The van der Waals surface area contributed by atoms with Crippen molar-refractivity contribution in [2.45, 2.75) is 45.1 Å². The summed E-state index contributed by atoms with van der Waals surface area (Å²) in [6, 6.07) is 9.33. The zero-order valence-corrected chi connectivity index (χ0v) is 11.7. The second-order valence-corrected chi connectivity index (χ2v) is 5.65. The van der Waals surface area contributed by atoms with Crippen LogP contribution in [-0.2, 0) is 6.42 Å². The van der Waals surface area contributed by atoms with Crippen molar-refractivity contribution >= 4 is 0 Å². The van der Waals surface area contributed by atoms with E-state index >= 15 is 0 Å². The van der Waals surface area contributed by atoms with Crippen LogP contribution in [0.15, 0.2) is 24.3 Å². The van der Waals surface area contributed by atoms with Crippen molar-refractivity contribution in [3.8, 4) is 5.75 Å². The summed E-state index contributed by atoms with van der Waals surface area (Å²) in [5, 5.41) is 2.56. The Bertz CT molecular complexity index is 347. The Hall–Kier alpha value is -1.02. The van der Waals surface area contributed by atoms with E-state index in [4.69, 9.17) is 4.74 Å². The molecule has 0 amide bonds. The van der Waals surface area contributed by atoms with Crippen molar-refractivity contribution < 1.29 is 10.1 Å². The second kappa shape index (κ2) is 6.79. The number of ether oxygens (including phenoxy) is 1. The van der Waals surface area contributed by atoms with Crippen LogP contribution in [0.5, 0.6) is 5.75 Å². The van der Waals surface area contributed by atoms with Crippen molar-refractivity contribution in [2.75, 3.05) is 13.7 Å². The largest absolute Gasteiger partial charge is 0.497 e. The number of nitrogens with two attached hydrogens (primary N) is 1. The number of hydrogen-bond acceptors (Lipinski definition) is 1. The van der Waals surface area contributed by atoms with Crippen LogP contribution in [0.1, 0.15) is 38.2 Å². The molecule has 2 atom stereocenters. The smallest absolute Gasteiger partial charge is 0.118 e. The Morgan fingerprint density at radius 1 is 1.22 bits per heavy atom. The van der Waals surface area contributed by atoms with E-state index in [9.17, 15) is 0 Å². The lowest BCUT2D eigenvalue weighted by molar-refractivity contribution is -0.692. The van der Waals surface area contributed by atoms with Gasteiger partial charge in [-0.25, -0.2) is 0 Å². The van der Waals surface area contributed by atoms with E-state index in [0.29, 0.717) is 0 Å². The predicted molar refractivity (Wildman–Crippen MR) is 74.9 cm³/mol. The SMILES string of the molecule is COc1ccc(CC[NH2+][C@@H]2CCC[C@H](C)C2)cc1. The molecule has 0 spiro atoms. The van der Waals surface area contributed by atoms with Crippen molar-refractivity contribution in [1.82, 2.24) is 0 Å². The average molecular weight is 248 g/mol. The Morgan fingerprint density at radius 3 is 2.67 bits per heavy atom. The van der Waals surface area contributed by atoms with Crippen LogP contribution in [0.4, 0.5) is 0 Å². The maximum Gasteiger partial charge on any atom is 0.118 e. The molecular weight excluding hydrogens is 222 g/mol. The van der Waals surface area contributed by atoms with E-state index in [1.54, 1.807) is 7.11 Å². The molecule has 18 heavy (non-hydrogen) atoms. The molecule has 0 bridgehead atoms. The number of rotatable bonds is 5. The fraction of sp³-hybridized carbons (Fsp3) is 0.625. The molecule has 2 N–H and O–H groups in total. The van der Waals surface area contributed by atoms with Gasteiger partial charge in [-0.2, -0.15) is 0 Å². The van der Waals surface area contributed by atoms with Gasteiger partial charge in [0.05, 0.1) is 19.7 Å². The third kappa shape index (κ3) is 4.02. The summed E-state index contributed by atoms with van der Waals surface area (Å²) in [5.74, 6) is 1.88. The molecule has 2 nitrogen and oxygen atoms in total. The first-order valence-corrected chi connectivity index (χ1v) is 7.24. The normalized spacial score (nSPS) is 23.9. The topological polar surface area (TPSA) is 25.8 Å². The van der Waals surface area contributed by atoms with Crippen LogP contribution < -0.4 is 10.1 Å². The molecule has 2 heteroatoms. The summed E-state index contributed by atoms with van der Waals surface area (Å²) in [7, 11) is 1.72. The molecule has 0 unspecified atom stereocenters. The highest BCUT2D eigenvalue weighted by Gasteiger charge is 2.20. The van der Waals surface area contributed by atoms with E-state index in [-0.39, 0.29) is 0 Å². The van der Waals surface area contributed by atoms with Gasteiger partial charge >= 0.3 is 0 Å². The van der Waals surface area contributed by atoms with Crippen LogP contribution in [0.2, 0.25) is 0 Å². The monoisotopic (exact) mass is 248 g/mol. The van der Waals surface area contributed by atoms with Crippen molar-refractivity contribution in [3.05, 3.63) is 29.8 Å². The number of hydrogen-bond donors (Lipinski definition) is 1. The third-order valence-corrected chi connectivity index (χ3v) is 4.07. The van der Waals surface area contributed by atoms with Crippen LogP contribution in [0.25, 0.3) is 0 Å². The lowest BCUT2D eigenvalue weighted by atomic mass is 9.87. The summed E-state index contributed by atoms with van der Waals surface area (Å²) in [6.07, 6.45) is 6.83. The summed E-state index contributed by atoms with van der Waals surface area (Å²) < 4.78 is 5.17. The molecule has 1 fully saturated rings. The van der Waals surface area contributed by atoms with E-state index < -0.39 is 0 Å². The summed E-state index contributed by atoms with van der Waals surface area (Å²) in [4.78, 5) is 0. The summed E-state index contributed by atoms with van der Waals surface area (Å²) in [5.41, 5.74) is 1.41. The summed E-state index contributed by atoms with van der Waals surface area (Å²) >= 11 is 0. The van der Waals surface area contributed by atoms with Gasteiger partial charge in [0, 0.05) is 12.8 Å². The van der Waals surface area contributed by atoms with Gasteiger partial charge in [-0.15, -0.1) is 0 Å². The van der Waals surface area contributed by atoms with Crippen LogP contribution in [0.3, 0.4) is 0 Å². The molecule has 0 heterocycles. The Morgan fingerprint density at radius 2 is 2.00 bits per heavy atom. The van der Waals surface area contributed by atoms with Crippen LogP contribution in [0, 0.1) is 5.92 Å². The fourth-order valence-electron chi connectivity index (χ4n) is 2.97. The molecule has 0 radical (unpaired) electrons. The number of benzene rings is 1. The first-order chi connectivity index (χ1) is 8.78. The average Bonchev–Trinajstić information content (AvgIpc) is 2.40. The van der Waals surface area contributed by atoms with Gasteiger partial charge < -0.3 is 10.1 Å². The highest BCUT2D eigenvalue weighted by atomic mass is 16.5. The molecule has 0 saturated heterocycles. The first-order valence-electron chi connectivity index (χ1n) is 7.24. The molecule has 1 saturated carbocycles. The Kier molecular flexibility index (Phi) is 5.06. The maximum absolute atomic E-state index is 5.17. The number of quaternary nitrogens is 1. The van der Waals surface area contributed by atoms with E-state index in [1.165, 1.54) is 37.8 Å². The minimum Gasteiger partial charge on any atom is -0.497 e.